The Balaban J connectivity index is 1.96. The lowest BCUT2D eigenvalue weighted by Crippen LogP contribution is -2.41. The lowest BCUT2D eigenvalue weighted by molar-refractivity contribution is 0.0561. The fourth-order valence-electron chi connectivity index (χ4n) is 3.32. The third-order valence-corrected chi connectivity index (χ3v) is 6.79. The van der Waals surface area contributed by atoms with Crippen molar-refractivity contribution in [2.75, 3.05) is 29.4 Å². The molecule has 33 heavy (non-hydrogen) atoms. The number of carbonyl (C=O) groups excluding carboxylic acids is 1. The molecule has 0 aromatic carbocycles. The second-order valence-electron chi connectivity index (χ2n) is 9.08. The van der Waals surface area contributed by atoms with Crippen molar-refractivity contribution in [3.63, 3.8) is 0 Å². The number of alkyl halides is 2. The summed E-state index contributed by atoms with van der Waals surface area (Å²) in [5, 5.41) is 15.8. The molecule has 3 rings (SSSR count). The van der Waals surface area contributed by atoms with Gasteiger partial charge in [0.05, 0.1) is 41.8 Å². The third-order valence-electron chi connectivity index (χ3n) is 4.90. The van der Waals surface area contributed by atoms with Gasteiger partial charge in [-0.1, -0.05) is 20.8 Å². The minimum atomic E-state index is -4.32. The van der Waals surface area contributed by atoms with E-state index in [2.05, 4.69) is 15.4 Å². The SMILES string of the molecule is Cc1nn(C(F)F)cc1S(=O)(=O)N1C[C@H](CO)Cc2ncc(NC(=O)OCC(C)(C)C)cc21. The van der Waals surface area contributed by atoms with E-state index in [4.69, 9.17) is 4.74 Å². The number of ether oxygens (including phenoxy) is 1. The summed E-state index contributed by atoms with van der Waals surface area (Å²) < 4.78 is 59.4. The number of carbonyl (C=O) groups is 1. The molecule has 0 unspecified atom stereocenters. The van der Waals surface area contributed by atoms with Crippen LogP contribution in [0.3, 0.4) is 0 Å². The van der Waals surface area contributed by atoms with Crippen LogP contribution in [0.5, 0.6) is 0 Å². The van der Waals surface area contributed by atoms with Gasteiger partial charge >= 0.3 is 12.6 Å². The summed E-state index contributed by atoms with van der Waals surface area (Å²) in [6, 6.07) is 1.43. The van der Waals surface area contributed by atoms with E-state index in [1.54, 1.807) is 0 Å². The highest BCUT2D eigenvalue weighted by Gasteiger charge is 2.36. The van der Waals surface area contributed by atoms with Gasteiger partial charge in [0.15, 0.2) is 0 Å². The van der Waals surface area contributed by atoms with E-state index in [-0.39, 0.29) is 51.8 Å². The van der Waals surface area contributed by atoms with Gasteiger partial charge < -0.3 is 9.84 Å². The molecule has 1 amide bonds. The molecule has 13 heteroatoms. The van der Waals surface area contributed by atoms with E-state index in [0.717, 1.165) is 10.5 Å². The number of hydrogen-bond donors (Lipinski definition) is 2. The van der Waals surface area contributed by atoms with Crippen LogP contribution in [0.2, 0.25) is 0 Å². The lowest BCUT2D eigenvalue weighted by atomic mass is 9.98. The van der Waals surface area contributed by atoms with E-state index in [1.165, 1.54) is 19.2 Å². The summed E-state index contributed by atoms with van der Waals surface area (Å²) in [7, 11) is -4.32. The summed E-state index contributed by atoms with van der Waals surface area (Å²) in [6.07, 6.45) is 1.72. The first kappa shape index (κ1) is 24.8. The molecule has 0 saturated carbocycles. The Bertz CT molecular complexity index is 1130. The fourth-order valence-corrected chi connectivity index (χ4v) is 5.03. The van der Waals surface area contributed by atoms with Crippen molar-refractivity contribution in [1.29, 1.82) is 0 Å². The van der Waals surface area contributed by atoms with Crippen molar-refractivity contribution in [3.8, 4) is 0 Å². The molecule has 1 aliphatic rings. The molecule has 1 aliphatic heterocycles. The third kappa shape index (κ3) is 5.58. The molecule has 3 heterocycles. The van der Waals surface area contributed by atoms with E-state index in [1.807, 2.05) is 20.8 Å². The molecule has 2 aromatic rings. The second-order valence-corrected chi connectivity index (χ2v) is 10.9. The molecule has 0 spiro atoms. The van der Waals surface area contributed by atoms with Crippen LogP contribution in [0, 0.1) is 18.3 Å². The minimum Gasteiger partial charge on any atom is -0.449 e. The van der Waals surface area contributed by atoms with Crippen LogP contribution in [-0.4, -0.2) is 54.1 Å². The van der Waals surface area contributed by atoms with Gasteiger partial charge in [-0.2, -0.15) is 13.9 Å². The van der Waals surface area contributed by atoms with Crippen molar-refractivity contribution >= 4 is 27.5 Å². The molecule has 0 radical (unpaired) electrons. The van der Waals surface area contributed by atoms with Crippen LogP contribution < -0.4 is 9.62 Å². The van der Waals surface area contributed by atoms with E-state index >= 15 is 0 Å². The number of fused-ring (bicyclic) bond motifs is 1. The highest BCUT2D eigenvalue weighted by molar-refractivity contribution is 7.92. The highest BCUT2D eigenvalue weighted by atomic mass is 32.2. The molecule has 0 bridgehead atoms. The number of nitrogens with zero attached hydrogens (tertiary/aromatic N) is 4. The van der Waals surface area contributed by atoms with Gasteiger partial charge in [-0.3, -0.25) is 14.6 Å². The van der Waals surface area contributed by atoms with Gasteiger partial charge in [-0.15, -0.1) is 0 Å². The summed E-state index contributed by atoms with van der Waals surface area (Å²) in [4.78, 5) is 16.0. The maximum atomic E-state index is 13.4. The molecular formula is C20H27F2N5O5S. The van der Waals surface area contributed by atoms with Crippen LogP contribution in [0.15, 0.2) is 23.4 Å². The molecule has 0 saturated heterocycles. The van der Waals surface area contributed by atoms with Crippen molar-refractivity contribution in [2.24, 2.45) is 11.3 Å². The number of aromatic nitrogens is 3. The number of aliphatic hydroxyl groups is 1. The monoisotopic (exact) mass is 487 g/mol. The summed E-state index contributed by atoms with van der Waals surface area (Å²) in [5.41, 5.74) is 0.441. The number of halogens is 2. The quantitative estimate of drug-likeness (QED) is 0.641. The van der Waals surface area contributed by atoms with Gasteiger partial charge in [0.25, 0.3) is 10.0 Å². The van der Waals surface area contributed by atoms with E-state index in [9.17, 15) is 27.1 Å². The van der Waals surface area contributed by atoms with E-state index in [0.29, 0.717) is 12.1 Å². The summed E-state index contributed by atoms with van der Waals surface area (Å²) in [6.45, 7) is 3.82. The van der Waals surface area contributed by atoms with Crippen LogP contribution in [-0.2, 0) is 21.2 Å². The van der Waals surface area contributed by atoms with Crippen LogP contribution in [0.25, 0.3) is 0 Å². The number of aryl methyl sites for hydroxylation is 1. The van der Waals surface area contributed by atoms with Crippen molar-refractivity contribution in [3.05, 3.63) is 29.8 Å². The van der Waals surface area contributed by atoms with Gasteiger partial charge in [0.1, 0.15) is 4.90 Å². The molecule has 0 fully saturated rings. The van der Waals surface area contributed by atoms with Crippen molar-refractivity contribution in [1.82, 2.24) is 14.8 Å². The molecular weight excluding hydrogens is 460 g/mol. The Labute approximate surface area is 190 Å². The summed E-state index contributed by atoms with van der Waals surface area (Å²) in [5.74, 6) is -0.444. The fraction of sp³-hybridized carbons (Fsp3) is 0.550. The number of hydrogen-bond acceptors (Lipinski definition) is 7. The predicted octanol–water partition coefficient (Wildman–Crippen LogP) is 2.94. The number of anilines is 2. The lowest BCUT2D eigenvalue weighted by Gasteiger charge is -2.34. The van der Waals surface area contributed by atoms with Gasteiger partial charge in [0.2, 0.25) is 0 Å². The first-order chi connectivity index (χ1) is 15.3. The minimum absolute atomic E-state index is 0.0871. The molecule has 0 aliphatic carbocycles. The largest absolute Gasteiger partial charge is 0.449 e. The smallest absolute Gasteiger partial charge is 0.411 e. The van der Waals surface area contributed by atoms with Crippen LogP contribution in [0.4, 0.5) is 25.0 Å². The zero-order chi connectivity index (χ0) is 24.6. The average Bonchev–Trinajstić information content (AvgIpc) is 3.14. The number of aliphatic hydroxyl groups excluding tert-OH is 1. The maximum absolute atomic E-state index is 13.4. The van der Waals surface area contributed by atoms with Crippen LogP contribution in [0.1, 0.15) is 38.7 Å². The Kier molecular flexibility index (Phi) is 6.93. The zero-order valence-electron chi connectivity index (χ0n) is 18.7. The normalized spacial score (nSPS) is 16.6. The number of sulfonamides is 1. The molecule has 10 nitrogen and oxygen atoms in total. The predicted molar refractivity (Wildman–Crippen MR) is 116 cm³/mol. The molecule has 2 N–H and O–H groups in total. The molecule has 182 valence electrons. The second kappa shape index (κ2) is 9.21. The first-order valence-electron chi connectivity index (χ1n) is 10.2. The van der Waals surface area contributed by atoms with Gasteiger partial charge in [-0.05, 0) is 24.8 Å². The average molecular weight is 488 g/mol. The Hall–Kier alpha value is -2.80. The number of amides is 1. The Morgan fingerprint density at radius 3 is 2.67 bits per heavy atom. The van der Waals surface area contributed by atoms with Crippen molar-refractivity contribution < 1.29 is 31.8 Å². The van der Waals surface area contributed by atoms with E-state index < -0.39 is 28.6 Å². The Morgan fingerprint density at radius 2 is 2.09 bits per heavy atom. The molecule has 1 atom stereocenters. The maximum Gasteiger partial charge on any atom is 0.411 e. The standard InChI is InChI=1S/C20H27F2N5O5S/c1-12-17(9-26(25-12)18(21)22)33(30,31)27-8-13(10-28)5-15-16(27)6-14(7-23-15)24-19(29)32-11-20(2,3)4/h6-7,9,13,18,28H,5,8,10-11H2,1-4H3,(H,24,29)/t13-/m1/s1. The highest BCUT2D eigenvalue weighted by Crippen LogP contribution is 2.35. The number of nitrogens with one attached hydrogen (secondary N) is 1. The zero-order valence-corrected chi connectivity index (χ0v) is 19.6. The first-order valence-corrected chi connectivity index (χ1v) is 11.7. The topological polar surface area (TPSA) is 127 Å². The van der Waals surface area contributed by atoms with Gasteiger partial charge in [0, 0.05) is 19.1 Å². The number of pyridine rings is 1. The van der Waals surface area contributed by atoms with Gasteiger partial charge in [-0.25, -0.2) is 17.9 Å². The molecule has 2 aromatic heterocycles. The summed E-state index contributed by atoms with van der Waals surface area (Å²) >= 11 is 0. The Morgan fingerprint density at radius 1 is 1.39 bits per heavy atom. The van der Waals surface area contributed by atoms with Crippen molar-refractivity contribution in [2.45, 2.75) is 45.6 Å². The van der Waals surface area contributed by atoms with Crippen LogP contribution >= 0.6 is 0 Å². The number of rotatable bonds is 6.